The average Bonchev–Trinajstić information content (AvgIpc) is 3.09. The molecule has 1 amide bonds. The number of methoxy groups -OCH3 is 1. The van der Waals surface area contributed by atoms with Crippen LogP contribution in [0.1, 0.15) is 20.0 Å². The van der Waals surface area contributed by atoms with E-state index in [4.69, 9.17) is 0 Å². The first-order valence-electron chi connectivity index (χ1n) is 7.17. The fourth-order valence-electron chi connectivity index (χ4n) is 1.97. The minimum absolute atomic E-state index is 0.0586. The number of sulfonamides is 1. The summed E-state index contributed by atoms with van der Waals surface area (Å²) in [5.41, 5.74) is -0.227. The van der Waals surface area contributed by atoms with Crippen LogP contribution in [0.3, 0.4) is 0 Å². The summed E-state index contributed by atoms with van der Waals surface area (Å²) in [5.74, 6) is -1.84. The average molecular weight is 422 g/mol. The third kappa shape index (κ3) is 5.44. The Kier molecular flexibility index (Phi) is 6.11. The highest BCUT2D eigenvalue weighted by Crippen LogP contribution is 2.25. The predicted molar refractivity (Wildman–Crippen MR) is 91.3 cm³/mol. The first-order valence-corrected chi connectivity index (χ1v) is 9.53. The van der Waals surface area contributed by atoms with E-state index in [2.05, 4.69) is 9.46 Å². The number of thiophene rings is 1. The van der Waals surface area contributed by atoms with Gasteiger partial charge in [0.25, 0.3) is 15.9 Å². The fourth-order valence-corrected chi connectivity index (χ4v) is 4.35. The van der Waals surface area contributed by atoms with Crippen molar-refractivity contribution in [1.82, 2.24) is 5.32 Å². The van der Waals surface area contributed by atoms with E-state index < -0.39 is 34.6 Å². The lowest BCUT2D eigenvalue weighted by atomic mass is 10.2. The molecule has 0 saturated carbocycles. The molecule has 0 atom stereocenters. The minimum atomic E-state index is -4.57. The number of hydrogen-bond donors (Lipinski definition) is 2. The summed E-state index contributed by atoms with van der Waals surface area (Å²) in [6, 6.07) is 6.12. The number of rotatable bonds is 6. The normalized spacial score (nSPS) is 11.7. The number of amides is 1. The molecule has 0 unspecified atom stereocenters. The van der Waals surface area contributed by atoms with Gasteiger partial charge in [-0.25, -0.2) is 13.2 Å². The van der Waals surface area contributed by atoms with Crippen LogP contribution < -0.4 is 10.0 Å². The maximum Gasteiger partial charge on any atom is 0.405 e. The van der Waals surface area contributed by atoms with Crippen molar-refractivity contribution in [2.45, 2.75) is 11.1 Å². The van der Waals surface area contributed by atoms with Gasteiger partial charge in [0.1, 0.15) is 16.3 Å². The molecule has 0 saturated heterocycles. The van der Waals surface area contributed by atoms with Crippen LogP contribution in [0.25, 0.3) is 0 Å². The zero-order valence-corrected chi connectivity index (χ0v) is 15.3. The van der Waals surface area contributed by atoms with Crippen LogP contribution in [0.15, 0.2) is 40.6 Å². The molecule has 146 valence electrons. The Hall–Kier alpha value is -2.60. The van der Waals surface area contributed by atoms with Crippen LogP contribution in [-0.4, -0.2) is 40.1 Å². The van der Waals surface area contributed by atoms with Crippen LogP contribution in [0.4, 0.5) is 18.9 Å². The second-order valence-corrected chi connectivity index (χ2v) is 7.66. The first-order chi connectivity index (χ1) is 12.5. The molecule has 2 rings (SSSR count). The fraction of sp³-hybridized carbons (Fsp3) is 0.200. The molecule has 27 heavy (non-hydrogen) atoms. The van der Waals surface area contributed by atoms with E-state index in [9.17, 15) is 31.2 Å². The van der Waals surface area contributed by atoms with Crippen molar-refractivity contribution in [1.29, 1.82) is 0 Å². The Bertz CT molecular complexity index is 954. The molecule has 0 aliphatic heterocycles. The van der Waals surface area contributed by atoms with Gasteiger partial charge >= 0.3 is 12.1 Å². The molecule has 2 aromatic rings. The smallest absolute Gasteiger partial charge is 0.405 e. The molecule has 2 N–H and O–H groups in total. The van der Waals surface area contributed by atoms with Gasteiger partial charge in [0.15, 0.2) is 0 Å². The maximum absolute atomic E-state index is 12.5. The number of esters is 1. The molecular weight excluding hydrogens is 409 g/mol. The molecule has 0 bridgehead atoms. The van der Waals surface area contributed by atoms with E-state index in [0.29, 0.717) is 0 Å². The number of alkyl halides is 3. The number of benzene rings is 1. The maximum atomic E-state index is 12.5. The van der Waals surface area contributed by atoms with Crippen molar-refractivity contribution in [3.8, 4) is 0 Å². The topological polar surface area (TPSA) is 102 Å². The zero-order valence-electron chi connectivity index (χ0n) is 13.7. The van der Waals surface area contributed by atoms with Crippen LogP contribution in [0, 0.1) is 0 Å². The molecule has 1 aromatic carbocycles. The summed E-state index contributed by atoms with van der Waals surface area (Å²) in [6.07, 6.45) is -4.57. The lowest BCUT2D eigenvalue weighted by molar-refractivity contribution is -0.123. The number of ether oxygens (including phenoxy) is 1. The van der Waals surface area contributed by atoms with Gasteiger partial charge in [-0.1, -0.05) is 6.07 Å². The minimum Gasteiger partial charge on any atom is -0.465 e. The Morgan fingerprint density at radius 3 is 2.56 bits per heavy atom. The number of anilines is 1. The molecule has 1 aromatic heterocycles. The van der Waals surface area contributed by atoms with Crippen molar-refractivity contribution in [3.05, 3.63) is 46.2 Å². The monoisotopic (exact) mass is 422 g/mol. The van der Waals surface area contributed by atoms with E-state index in [-0.39, 0.29) is 21.0 Å². The Morgan fingerprint density at radius 2 is 1.93 bits per heavy atom. The lowest BCUT2D eigenvalue weighted by Gasteiger charge is -2.11. The van der Waals surface area contributed by atoms with Gasteiger partial charge in [0.2, 0.25) is 0 Å². The van der Waals surface area contributed by atoms with E-state index in [1.165, 1.54) is 29.6 Å². The largest absolute Gasteiger partial charge is 0.465 e. The van der Waals surface area contributed by atoms with E-state index in [1.807, 2.05) is 0 Å². The lowest BCUT2D eigenvalue weighted by Crippen LogP contribution is -2.33. The van der Waals surface area contributed by atoms with Gasteiger partial charge < -0.3 is 10.1 Å². The number of halogens is 3. The predicted octanol–water partition coefficient (Wildman–Crippen LogP) is 2.63. The summed E-state index contributed by atoms with van der Waals surface area (Å²) >= 11 is 0.872. The van der Waals surface area contributed by atoms with Crippen LogP contribution in [0.5, 0.6) is 0 Å². The third-order valence-corrected chi connectivity index (χ3v) is 5.56. The van der Waals surface area contributed by atoms with E-state index in [1.54, 1.807) is 5.32 Å². The molecule has 0 spiro atoms. The summed E-state index contributed by atoms with van der Waals surface area (Å²) in [4.78, 5) is 23.0. The Labute approximate surface area is 156 Å². The van der Waals surface area contributed by atoms with Crippen molar-refractivity contribution in [2.75, 3.05) is 18.4 Å². The molecule has 7 nitrogen and oxygen atoms in total. The molecule has 1 heterocycles. The summed E-state index contributed by atoms with van der Waals surface area (Å²) < 4.78 is 68.2. The Balaban J connectivity index is 2.22. The van der Waals surface area contributed by atoms with Crippen molar-refractivity contribution < 1.29 is 35.9 Å². The molecule has 12 heteroatoms. The van der Waals surface area contributed by atoms with Crippen LogP contribution in [-0.2, 0) is 14.8 Å². The highest BCUT2D eigenvalue weighted by Gasteiger charge is 2.28. The van der Waals surface area contributed by atoms with Gasteiger partial charge in [0.05, 0.1) is 7.11 Å². The van der Waals surface area contributed by atoms with Crippen LogP contribution >= 0.6 is 11.3 Å². The van der Waals surface area contributed by atoms with Gasteiger partial charge in [-0.15, -0.1) is 11.3 Å². The number of nitrogens with one attached hydrogen (secondary N) is 2. The van der Waals surface area contributed by atoms with E-state index in [0.717, 1.165) is 24.5 Å². The summed E-state index contributed by atoms with van der Waals surface area (Å²) in [6.45, 7) is -1.51. The molecule has 0 aliphatic carbocycles. The number of carbonyl (C=O) groups excluding carboxylic acids is 2. The van der Waals surface area contributed by atoms with Crippen molar-refractivity contribution in [3.63, 3.8) is 0 Å². The third-order valence-electron chi connectivity index (χ3n) is 3.12. The standard InChI is InChI=1S/C15H13F3N2O5S2/c1-25-14(22)12-11(5-6-26-12)27(23,24)20-10-4-2-3-9(7-10)13(21)19-8-15(16,17)18/h2-7,20H,8H2,1H3,(H,19,21). The molecule has 0 aliphatic rings. The van der Waals surface area contributed by atoms with Gasteiger partial charge in [-0.3, -0.25) is 9.52 Å². The van der Waals surface area contributed by atoms with Gasteiger partial charge in [-0.05, 0) is 29.6 Å². The Morgan fingerprint density at radius 1 is 1.22 bits per heavy atom. The van der Waals surface area contributed by atoms with Crippen molar-refractivity contribution in [2.24, 2.45) is 0 Å². The number of carbonyl (C=O) groups is 2. The molecule has 0 radical (unpaired) electrons. The first kappa shape index (κ1) is 20.7. The molecular formula is C15H13F3N2O5S2. The van der Waals surface area contributed by atoms with Crippen LogP contribution in [0.2, 0.25) is 0 Å². The van der Waals surface area contributed by atoms with Crippen molar-refractivity contribution >= 4 is 38.9 Å². The summed E-state index contributed by atoms with van der Waals surface area (Å²) in [7, 11) is -3.08. The van der Waals surface area contributed by atoms with Gasteiger partial charge in [-0.2, -0.15) is 13.2 Å². The second kappa shape index (κ2) is 7.96. The highest BCUT2D eigenvalue weighted by molar-refractivity contribution is 7.93. The number of hydrogen-bond acceptors (Lipinski definition) is 6. The highest BCUT2D eigenvalue weighted by atomic mass is 32.2. The molecule has 0 fully saturated rings. The van der Waals surface area contributed by atoms with E-state index >= 15 is 0 Å². The quantitative estimate of drug-likeness (QED) is 0.697. The van der Waals surface area contributed by atoms with Gasteiger partial charge in [0, 0.05) is 11.3 Å². The second-order valence-electron chi connectivity index (χ2n) is 5.09. The SMILES string of the molecule is COC(=O)c1sccc1S(=O)(=O)Nc1cccc(C(=O)NCC(F)(F)F)c1. The summed E-state index contributed by atoms with van der Waals surface area (Å²) in [5, 5.41) is 3.08. The zero-order chi connectivity index (χ0) is 20.2.